The Morgan fingerprint density at radius 3 is 2.67 bits per heavy atom. The van der Waals surface area contributed by atoms with Crippen LogP contribution in [0.15, 0.2) is 15.8 Å². The molecule has 1 aliphatic heterocycles. The highest BCUT2D eigenvalue weighted by molar-refractivity contribution is 7.99. The average molecular weight is 274 g/mol. The lowest BCUT2D eigenvalue weighted by molar-refractivity contribution is -0.0634. The van der Waals surface area contributed by atoms with Gasteiger partial charge in [0.15, 0.2) is 0 Å². The van der Waals surface area contributed by atoms with Crippen LogP contribution in [-0.2, 0) is 0 Å². The van der Waals surface area contributed by atoms with Gasteiger partial charge in [0.05, 0.1) is 6.10 Å². The number of nitrogens with one attached hydrogen (secondary N) is 1. The van der Waals surface area contributed by atoms with E-state index in [0.29, 0.717) is 5.56 Å². The highest BCUT2D eigenvalue weighted by Gasteiger charge is 2.38. The summed E-state index contributed by atoms with van der Waals surface area (Å²) in [6.45, 7) is 1.54. The van der Waals surface area contributed by atoms with Gasteiger partial charge in [-0.2, -0.15) is 0 Å². The Hall–Kier alpha value is -1.09. The molecule has 4 atom stereocenters. The van der Waals surface area contributed by atoms with Gasteiger partial charge in [0, 0.05) is 17.5 Å². The van der Waals surface area contributed by atoms with Crippen LogP contribution in [0, 0.1) is 6.92 Å². The third-order valence-corrected chi connectivity index (χ3v) is 4.28. The van der Waals surface area contributed by atoms with E-state index in [1.807, 2.05) is 0 Å². The fourth-order valence-electron chi connectivity index (χ4n) is 1.81. The van der Waals surface area contributed by atoms with Gasteiger partial charge in [-0.3, -0.25) is 14.3 Å². The first kappa shape index (κ1) is 13.3. The summed E-state index contributed by atoms with van der Waals surface area (Å²) in [5.41, 5.74) is -0.791. The molecule has 4 unspecified atom stereocenters. The molecule has 2 heterocycles. The molecule has 1 fully saturated rings. The van der Waals surface area contributed by atoms with Gasteiger partial charge in [-0.15, -0.1) is 11.8 Å². The normalized spacial score (nSPS) is 32.4. The van der Waals surface area contributed by atoms with E-state index in [2.05, 4.69) is 4.98 Å². The minimum absolute atomic E-state index is 0.202. The van der Waals surface area contributed by atoms with Crippen LogP contribution in [-0.4, -0.2) is 48.9 Å². The number of hydrogen-bond acceptors (Lipinski definition) is 6. The number of rotatable bonds is 1. The third-order valence-electron chi connectivity index (χ3n) is 2.89. The molecule has 0 bridgehead atoms. The van der Waals surface area contributed by atoms with Gasteiger partial charge in [0.1, 0.15) is 17.6 Å². The molecular formula is C10H14N2O5S. The number of aromatic amines is 1. The van der Waals surface area contributed by atoms with Crippen molar-refractivity contribution in [3.8, 4) is 0 Å². The quantitative estimate of drug-likeness (QED) is 0.479. The summed E-state index contributed by atoms with van der Waals surface area (Å²) in [7, 11) is 0. The van der Waals surface area contributed by atoms with Crippen molar-refractivity contribution in [2.75, 3.05) is 5.75 Å². The molecule has 0 saturated carbocycles. The van der Waals surface area contributed by atoms with E-state index in [-0.39, 0.29) is 5.75 Å². The second-order valence-corrected chi connectivity index (χ2v) is 5.40. The Bertz CT molecular complexity index is 554. The average Bonchev–Trinajstić information content (AvgIpc) is 2.32. The van der Waals surface area contributed by atoms with Crippen molar-refractivity contribution in [3.05, 3.63) is 32.6 Å². The van der Waals surface area contributed by atoms with Gasteiger partial charge >= 0.3 is 5.69 Å². The fraction of sp³-hybridized carbons (Fsp3) is 0.600. The van der Waals surface area contributed by atoms with Gasteiger partial charge in [0.2, 0.25) is 0 Å². The van der Waals surface area contributed by atoms with Crippen LogP contribution < -0.4 is 11.2 Å². The van der Waals surface area contributed by atoms with Crippen LogP contribution in [0.3, 0.4) is 0 Å². The molecule has 0 aliphatic carbocycles. The molecular weight excluding hydrogens is 260 g/mol. The highest BCUT2D eigenvalue weighted by Crippen LogP contribution is 2.33. The first-order valence-electron chi connectivity index (χ1n) is 5.39. The molecule has 1 saturated heterocycles. The Kier molecular flexibility index (Phi) is 3.62. The van der Waals surface area contributed by atoms with Crippen molar-refractivity contribution in [1.82, 2.24) is 9.55 Å². The fourth-order valence-corrected chi connectivity index (χ4v) is 3.08. The van der Waals surface area contributed by atoms with E-state index in [0.717, 1.165) is 11.8 Å². The number of aromatic nitrogens is 2. The smallest absolute Gasteiger partial charge is 0.329 e. The molecule has 7 nitrogen and oxygen atoms in total. The van der Waals surface area contributed by atoms with Gasteiger partial charge < -0.3 is 15.3 Å². The van der Waals surface area contributed by atoms with Crippen LogP contribution in [0.25, 0.3) is 0 Å². The predicted octanol–water partition coefficient (Wildman–Crippen LogP) is -1.83. The summed E-state index contributed by atoms with van der Waals surface area (Å²) >= 11 is 1.15. The molecule has 1 aromatic heterocycles. The second-order valence-electron chi connectivity index (χ2n) is 4.25. The van der Waals surface area contributed by atoms with Crippen LogP contribution in [0.5, 0.6) is 0 Å². The lowest BCUT2D eigenvalue weighted by atomic mass is 10.1. The summed E-state index contributed by atoms with van der Waals surface area (Å²) in [6, 6.07) is 0. The largest absolute Gasteiger partial charge is 0.389 e. The van der Waals surface area contributed by atoms with E-state index in [1.165, 1.54) is 10.8 Å². The zero-order chi connectivity index (χ0) is 13.4. The van der Waals surface area contributed by atoms with Crippen molar-refractivity contribution < 1.29 is 15.3 Å². The molecule has 0 radical (unpaired) electrons. The Morgan fingerprint density at radius 2 is 2.00 bits per heavy atom. The third kappa shape index (κ3) is 2.24. The van der Waals surface area contributed by atoms with E-state index >= 15 is 0 Å². The number of H-pyrrole nitrogens is 1. The van der Waals surface area contributed by atoms with E-state index in [1.54, 1.807) is 6.92 Å². The summed E-state index contributed by atoms with van der Waals surface area (Å²) in [6.07, 6.45) is -2.27. The number of aryl methyl sites for hydroxylation is 1. The molecule has 100 valence electrons. The van der Waals surface area contributed by atoms with E-state index in [4.69, 9.17) is 0 Å². The van der Waals surface area contributed by atoms with Crippen LogP contribution in [0.2, 0.25) is 0 Å². The first-order chi connectivity index (χ1) is 8.41. The molecule has 1 aliphatic rings. The summed E-state index contributed by atoms with van der Waals surface area (Å²) in [5, 5.41) is 28.1. The molecule has 2 rings (SSSR count). The molecule has 0 aromatic carbocycles. The lowest BCUT2D eigenvalue weighted by Gasteiger charge is -2.35. The number of thioether (sulfide) groups is 1. The van der Waals surface area contributed by atoms with E-state index < -0.39 is 34.9 Å². The number of hydrogen-bond donors (Lipinski definition) is 4. The Morgan fingerprint density at radius 1 is 1.33 bits per heavy atom. The molecule has 8 heteroatoms. The Labute approximate surface area is 106 Å². The first-order valence-corrected chi connectivity index (χ1v) is 6.44. The van der Waals surface area contributed by atoms with Crippen LogP contribution >= 0.6 is 11.8 Å². The number of aliphatic hydroxyl groups excluding tert-OH is 3. The summed E-state index contributed by atoms with van der Waals surface area (Å²) in [4.78, 5) is 25.0. The van der Waals surface area contributed by atoms with E-state index in [9.17, 15) is 24.9 Å². The van der Waals surface area contributed by atoms with Gasteiger partial charge in [-0.25, -0.2) is 4.79 Å². The maximum absolute atomic E-state index is 11.7. The predicted molar refractivity (Wildman–Crippen MR) is 65.6 cm³/mol. The zero-order valence-corrected chi connectivity index (χ0v) is 10.4. The van der Waals surface area contributed by atoms with Crippen molar-refractivity contribution in [1.29, 1.82) is 0 Å². The van der Waals surface area contributed by atoms with Gasteiger partial charge in [-0.05, 0) is 6.92 Å². The van der Waals surface area contributed by atoms with Gasteiger partial charge in [-0.1, -0.05) is 0 Å². The van der Waals surface area contributed by atoms with Crippen molar-refractivity contribution in [3.63, 3.8) is 0 Å². The van der Waals surface area contributed by atoms with Gasteiger partial charge in [0.25, 0.3) is 5.56 Å². The monoisotopic (exact) mass is 274 g/mol. The summed E-state index contributed by atoms with van der Waals surface area (Å²) < 4.78 is 1.17. The molecule has 0 amide bonds. The maximum Gasteiger partial charge on any atom is 0.329 e. The molecule has 18 heavy (non-hydrogen) atoms. The Balaban J connectivity index is 2.41. The SMILES string of the molecule is Cc1cn(C2SCC(O)C(O)C2O)c(=O)[nH]c1=O. The summed E-state index contributed by atoms with van der Waals surface area (Å²) in [5.74, 6) is 0.202. The molecule has 1 aromatic rings. The zero-order valence-electron chi connectivity index (χ0n) is 9.61. The standard InChI is InChI=1S/C10H14N2O5S/c1-4-2-12(10(17)11-8(4)16)9-7(15)6(14)5(13)3-18-9/h2,5-7,9,13-15H,3H2,1H3,(H,11,16,17). The lowest BCUT2D eigenvalue weighted by Crippen LogP contribution is -2.49. The number of aliphatic hydroxyl groups is 3. The molecule has 0 spiro atoms. The minimum atomic E-state index is -1.31. The van der Waals surface area contributed by atoms with Crippen molar-refractivity contribution in [2.24, 2.45) is 0 Å². The van der Waals surface area contributed by atoms with Crippen molar-refractivity contribution in [2.45, 2.75) is 30.6 Å². The number of nitrogens with zero attached hydrogens (tertiary/aromatic N) is 1. The molecule has 4 N–H and O–H groups in total. The van der Waals surface area contributed by atoms with Crippen LogP contribution in [0.1, 0.15) is 10.9 Å². The highest BCUT2D eigenvalue weighted by atomic mass is 32.2. The second kappa shape index (κ2) is 4.88. The maximum atomic E-state index is 11.7. The topological polar surface area (TPSA) is 116 Å². The van der Waals surface area contributed by atoms with Crippen molar-refractivity contribution >= 4 is 11.8 Å². The minimum Gasteiger partial charge on any atom is -0.389 e. The van der Waals surface area contributed by atoms with Crippen LogP contribution in [0.4, 0.5) is 0 Å².